The normalized spacial score (nSPS) is 21.8. The maximum absolute atomic E-state index is 11.7. The van der Waals surface area contributed by atoms with Crippen LogP contribution in [0, 0.1) is 0 Å². The van der Waals surface area contributed by atoms with Crippen LogP contribution in [0.2, 0.25) is 0 Å². The Kier molecular flexibility index (Phi) is 4.28. The first-order valence-corrected chi connectivity index (χ1v) is 7.65. The fraction of sp³-hybridized carbons (Fsp3) is 0.643. The van der Waals surface area contributed by atoms with Crippen LogP contribution >= 0.6 is 11.3 Å². The Morgan fingerprint density at radius 1 is 1.35 bits per heavy atom. The number of carbonyl (C=O) groups excluding carboxylic acids is 1. The fourth-order valence-electron chi connectivity index (χ4n) is 2.17. The highest BCUT2D eigenvalue weighted by atomic mass is 32.1. The Balaban J connectivity index is 2.23. The molecule has 0 spiro atoms. The number of rotatable bonds is 4. The molecule has 0 amide bonds. The summed E-state index contributed by atoms with van der Waals surface area (Å²) in [6, 6.07) is 2.00. The third-order valence-electron chi connectivity index (χ3n) is 4.19. The average Bonchev–Trinajstić information content (AvgIpc) is 2.93. The highest BCUT2D eigenvalue weighted by Gasteiger charge is 2.54. The van der Waals surface area contributed by atoms with E-state index in [1.54, 1.807) is 11.3 Å². The lowest BCUT2D eigenvalue weighted by molar-refractivity contribution is -0.140. The van der Waals surface area contributed by atoms with Crippen LogP contribution in [0.15, 0.2) is 16.8 Å². The molecule has 1 unspecified atom stereocenters. The SMILES string of the molecule is COC(=O)CC(B1OC(C)(C)C(C)(C)O1)c1ccsc1. The lowest BCUT2D eigenvalue weighted by Crippen LogP contribution is -2.41. The summed E-state index contributed by atoms with van der Waals surface area (Å²) in [6.45, 7) is 8.04. The molecule has 1 saturated heterocycles. The van der Waals surface area contributed by atoms with Crippen LogP contribution in [0.25, 0.3) is 0 Å². The number of hydrogen-bond donors (Lipinski definition) is 0. The predicted molar refractivity (Wildman–Crippen MR) is 79.8 cm³/mol. The summed E-state index contributed by atoms with van der Waals surface area (Å²) in [7, 11) is 0.964. The Labute approximate surface area is 124 Å². The topological polar surface area (TPSA) is 44.8 Å². The second-order valence-electron chi connectivity index (χ2n) is 6.07. The molecule has 1 fully saturated rings. The number of carbonyl (C=O) groups is 1. The summed E-state index contributed by atoms with van der Waals surface area (Å²) in [5.74, 6) is -0.398. The molecular weight excluding hydrogens is 275 g/mol. The highest BCUT2D eigenvalue weighted by molar-refractivity contribution is 7.08. The maximum atomic E-state index is 11.7. The molecule has 1 aliphatic heterocycles. The second kappa shape index (κ2) is 5.50. The van der Waals surface area contributed by atoms with E-state index in [-0.39, 0.29) is 18.2 Å². The third kappa shape index (κ3) is 2.92. The zero-order valence-electron chi connectivity index (χ0n) is 12.6. The van der Waals surface area contributed by atoms with Gasteiger partial charge in [0.15, 0.2) is 0 Å². The van der Waals surface area contributed by atoms with Gasteiger partial charge in [-0.05, 0) is 50.1 Å². The summed E-state index contributed by atoms with van der Waals surface area (Å²) >= 11 is 1.60. The van der Waals surface area contributed by atoms with E-state index in [1.165, 1.54) is 7.11 Å². The van der Waals surface area contributed by atoms with Gasteiger partial charge >= 0.3 is 13.1 Å². The molecule has 20 heavy (non-hydrogen) atoms. The van der Waals surface area contributed by atoms with Gasteiger partial charge in [0, 0.05) is 5.82 Å². The van der Waals surface area contributed by atoms with Crippen LogP contribution in [0.1, 0.15) is 45.5 Å². The number of thiophene rings is 1. The molecular formula is C14H21BO4S. The number of ether oxygens (including phenoxy) is 1. The Hall–Kier alpha value is -0.845. The van der Waals surface area contributed by atoms with Crippen LogP contribution in [-0.4, -0.2) is 31.4 Å². The lowest BCUT2D eigenvalue weighted by atomic mass is 9.67. The minimum atomic E-state index is -0.436. The first kappa shape index (κ1) is 15.5. The summed E-state index contributed by atoms with van der Waals surface area (Å²) in [5.41, 5.74) is 0.253. The van der Waals surface area contributed by atoms with Gasteiger partial charge in [-0.25, -0.2) is 0 Å². The van der Waals surface area contributed by atoms with E-state index in [1.807, 2.05) is 44.5 Å². The van der Waals surface area contributed by atoms with Gasteiger partial charge in [0.05, 0.1) is 24.7 Å². The van der Waals surface area contributed by atoms with Crippen molar-refractivity contribution in [3.63, 3.8) is 0 Å². The van der Waals surface area contributed by atoms with Crippen molar-refractivity contribution in [3.05, 3.63) is 22.4 Å². The van der Waals surface area contributed by atoms with Gasteiger partial charge in [-0.2, -0.15) is 11.3 Å². The van der Waals surface area contributed by atoms with Gasteiger partial charge in [-0.15, -0.1) is 0 Å². The smallest absolute Gasteiger partial charge is 0.466 e. The molecule has 6 heteroatoms. The zero-order valence-corrected chi connectivity index (χ0v) is 13.5. The molecule has 1 atom stereocenters. The van der Waals surface area contributed by atoms with E-state index in [2.05, 4.69) is 0 Å². The standard InChI is InChI=1S/C14H21BO4S/c1-13(2)14(3,4)19-15(18-13)11(8-12(16)17-5)10-6-7-20-9-10/h6-7,9,11H,8H2,1-5H3. The van der Waals surface area contributed by atoms with E-state index < -0.39 is 18.3 Å². The van der Waals surface area contributed by atoms with Gasteiger partial charge in [-0.1, -0.05) is 0 Å². The van der Waals surface area contributed by atoms with Crippen LogP contribution < -0.4 is 0 Å². The monoisotopic (exact) mass is 296 g/mol. The highest BCUT2D eigenvalue weighted by Crippen LogP contribution is 2.42. The van der Waals surface area contributed by atoms with Crippen LogP contribution in [0.3, 0.4) is 0 Å². The molecule has 0 N–H and O–H groups in total. The van der Waals surface area contributed by atoms with Crippen molar-refractivity contribution < 1.29 is 18.8 Å². The Bertz CT molecular complexity index is 454. The van der Waals surface area contributed by atoms with Gasteiger partial charge in [-0.3, -0.25) is 4.79 Å². The molecule has 0 saturated carbocycles. The van der Waals surface area contributed by atoms with Crippen molar-refractivity contribution >= 4 is 24.4 Å². The van der Waals surface area contributed by atoms with E-state index in [0.717, 1.165) is 5.56 Å². The van der Waals surface area contributed by atoms with Gasteiger partial charge in [0.25, 0.3) is 0 Å². The van der Waals surface area contributed by atoms with Crippen molar-refractivity contribution in [2.24, 2.45) is 0 Å². The molecule has 0 aromatic carbocycles. The minimum absolute atomic E-state index is 0.144. The van der Waals surface area contributed by atoms with Gasteiger partial charge < -0.3 is 14.0 Å². The fourth-order valence-corrected chi connectivity index (χ4v) is 2.90. The molecule has 2 heterocycles. The molecule has 2 rings (SSSR count). The quantitative estimate of drug-likeness (QED) is 0.633. The molecule has 1 aliphatic rings. The van der Waals surface area contributed by atoms with E-state index in [4.69, 9.17) is 14.0 Å². The van der Waals surface area contributed by atoms with E-state index >= 15 is 0 Å². The molecule has 0 radical (unpaired) electrons. The zero-order chi connectivity index (χ0) is 15.0. The largest absolute Gasteiger partial charge is 0.469 e. The van der Waals surface area contributed by atoms with E-state index in [9.17, 15) is 4.79 Å². The predicted octanol–water partition coefficient (Wildman–Crippen LogP) is 3.03. The molecule has 1 aromatic rings. The molecule has 0 bridgehead atoms. The lowest BCUT2D eigenvalue weighted by Gasteiger charge is -2.32. The van der Waals surface area contributed by atoms with Crippen molar-refractivity contribution in [3.8, 4) is 0 Å². The molecule has 4 nitrogen and oxygen atoms in total. The average molecular weight is 296 g/mol. The van der Waals surface area contributed by atoms with Crippen LogP contribution in [0.5, 0.6) is 0 Å². The van der Waals surface area contributed by atoms with E-state index in [0.29, 0.717) is 0 Å². The minimum Gasteiger partial charge on any atom is -0.469 e. The summed E-state index contributed by atoms with van der Waals surface area (Å²) in [4.78, 5) is 11.7. The Morgan fingerprint density at radius 3 is 2.40 bits per heavy atom. The molecule has 110 valence electrons. The number of methoxy groups -OCH3 is 1. The van der Waals surface area contributed by atoms with Gasteiger partial charge in [0.2, 0.25) is 0 Å². The second-order valence-corrected chi connectivity index (χ2v) is 6.85. The van der Waals surface area contributed by atoms with Crippen LogP contribution in [0.4, 0.5) is 0 Å². The van der Waals surface area contributed by atoms with Crippen molar-refractivity contribution in [2.45, 2.75) is 51.1 Å². The van der Waals surface area contributed by atoms with Crippen molar-refractivity contribution in [2.75, 3.05) is 7.11 Å². The molecule has 0 aliphatic carbocycles. The summed E-state index contributed by atoms with van der Waals surface area (Å²) in [5, 5.41) is 4.02. The summed E-state index contributed by atoms with van der Waals surface area (Å²) in [6.07, 6.45) is 0.254. The first-order valence-electron chi connectivity index (χ1n) is 6.71. The van der Waals surface area contributed by atoms with Gasteiger partial charge in [0.1, 0.15) is 0 Å². The summed E-state index contributed by atoms with van der Waals surface area (Å²) < 4.78 is 16.9. The van der Waals surface area contributed by atoms with Crippen molar-refractivity contribution in [1.82, 2.24) is 0 Å². The molecule has 1 aromatic heterocycles. The number of esters is 1. The first-order chi connectivity index (χ1) is 9.27. The number of hydrogen-bond acceptors (Lipinski definition) is 5. The Morgan fingerprint density at radius 2 is 1.95 bits per heavy atom. The maximum Gasteiger partial charge on any atom is 0.466 e. The van der Waals surface area contributed by atoms with Crippen molar-refractivity contribution in [1.29, 1.82) is 0 Å². The van der Waals surface area contributed by atoms with Crippen LogP contribution in [-0.2, 0) is 18.8 Å². The third-order valence-corrected chi connectivity index (χ3v) is 4.89.